The summed E-state index contributed by atoms with van der Waals surface area (Å²) < 4.78 is 0. The van der Waals surface area contributed by atoms with Crippen LogP contribution in [-0.2, 0) is 0 Å². The molecule has 3 aliphatic heterocycles. The van der Waals surface area contributed by atoms with Crippen LogP contribution in [0.3, 0.4) is 0 Å². The summed E-state index contributed by atoms with van der Waals surface area (Å²) in [4.78, 5) is 2.56. The number of hydrogen-bond acceptors (Lipinski definition) is 2. The van der Waals surface area contributed by atoms with Gasteiger partial charge in [0.15, 0.2) is 0 Å². The molecule has 2 heteroatoms. The molecule has 3 rings (SSSR count). The predicted octanol–water partition coefficient (Wildman–Crippen LogP) is 1.20. The van der Waals surface area contributed by atoms with Crippen molar-refractivity contribution in [2.24, 2.45) is 0 Å². The van der Waals surface area contributed by atoms with Crippen LogP contribution in [0.4, 0.5) is 0 Å². The minimum Gasteiger partial charge on any atom is -0.301 e. The lowest BCUT2D eigenvalue weighted by molar-refractivity contribution is 0.234. The van der Waals surface area contributed by atoms with E-state index in [1.807, 2.05) is 0 Å². The van der Waals surface area contributed by atoms with Crippen LogP contribution in [0.2, 0.25) is 0 Å². The molecule has 3 heterocycles. The molecule has 0 amide bonds. The van der Waals surface area contributed by atoms with Crippen molar-refractivity contribution in [3.8, 4) is 0 Å². The van der Waals surface area contributed by atoms with Gasteiger partial charge in [-0.25, -0.2) is 0 Å². The Labute approximate surface area is 60.8 Å². The van der Waals surface area contributed by atoms with E-state index in [9.17, 15) is 0 Å². The number of nitrogens with zero attached hydrogens (tertiary/aromatic N) is 1. The molecule has 3 saturated heterocycles. The standard InChI is InChI=1S/C7H13NS/c1-2-8-4-6-3-7(5-8)9-6/h6-7H,2-5H2,1H3. The van der Waals surface area contributed by atoms with E-state index < -0.39 is 0 Å². The molecule has 52 valence electrons. The second kappa shape index (κ2) is 2.17. The van der Waals surface area contributed by atoms with Crippen LogP contribution in [0.5, 0.6) is 0 Å². The van der Waals surface area contributed by atoms with Gasteiger partial charge in [-0.3, -0.25) is 0 Å². The third kappa shape index (κ3) is 0.987. The average molecular weight is 143 g/mol. The highest BCUT2D eigenvalue weighted by Gasteiger charge is 2.36. The van der Waals surface area contributed by atoms with Crippen molar-refractivity contribution < 1.29 is 0 Å². The Kier molecular flexibility index (Phi) is 1.46. The molecule has 0 radical (unpaired) electrons. The van der Waals surface area contributed by atoms with E-state index in [2.05, 4.69) is 23.6 Å². The summed E-state index contributed by atoms with van der Waals surface area (Å²) in [5.74, 6) is 0. The second-order valence-corrected chi connectivity index (χ2v) is 4.57. The number of rotatable bonds is 1. The minimum absolute atomic E-state index is 1.00. The number of fused-ring (bicyclic) bond motifs is 2. The molecule has 0 aromatic carbocycles. The van der Waals surface area contributed by atoms with Crippen LogP contribution in [0.1, 0.15) is 13.3 Å². The highest BCUT2D eigenvalue weighted by Crippen LogP contribution is 2.41. The van der Waals surface area contributed by atoms with Crippen LogP contribution < -0.4 is 0 Å². The highest BCUT2D eigenvalue weighted by molar-refractivity contribution is 8.02. The molecule has 0 aromatic rings. The Hall–Kier alpha value is 0.310. The number of hydrogen-bond donors (Lipinski definition) is 0. The molecular formula is C7H13NS. The van der Waals surface area contributed by atoms with Gasteiger partial charge in [0.1, 0.15) is 0 Å². The molecule has 2 bridgehead atoms. The van der Waals surface area contributed by atoms with E-state index in [-0.39, 0.29) is 0 Å². The molecule has 0 spiro atoms. The summed E-state index contributed by atoms with van der Waals surface area (Å²) in [5.41, 5.74) is 0. The second-order valence-electron chi connectivity index (χ2n) is 2.97. The molecule has 0 N–H and O–H groups in total. The van der Waals surface area contributed by atoms with Gasteiger partial charge in [-0.1, -0.05) is 6.92 Å². The van der Waals surface area contributed by atoms with Gasteiger partial charge in [0.2, 0.25) is 0 Å². The Bertz CT molecular complexity index is 99.5. The molecule has 2 unspecified atom stereocenters. The van der Waals surface area contributed by atoms with Gasteiger partial charge in [0.25, 0.3) is 0 Å². The third-order valence-corrected chi connectivity index (χ3v) is 3.73. The van der Waals surface area contributed by atoms with E-state index in [0.29, 0.717) is 0 Å². The van der Waals surface area contributed by atoms with Crippen molar-refractivity contribution >= 4 is 11.8 Å². The number of thioether (sulfide) groups is 1. The fraction of sp³-hybridized carbons (Fsp3) is 1.00. The van der Waals surface area contributed by atoms with Crippen molar-refractivity contribution in [2.45, 2.75) is 23.8 Å². The van der Waals surface area contributed by atoms with Crippen molar-refractivity contribution in [3.63, 3.8) is 0 Å². The molecule has 0 saturated carbocycles. The first-order valence-electron chi connectivity index (χ1n) is 3.76. The first-order valence-corrected chi connectivity index (χ1v) is 4.70. The first-order chi connectivity index (χ1) is 4.38. The fourth-order valence-corrected chi connectivity index (χ4v) is 3.16. The summed E-state index contributed by atoms with van der Waals surface area (Å²) in [5, 5.41) is 2.01. The molecule has 3 aliphatic rings. The van der Waals surface area contributed by atoms with E-state index in [1.54, 1.807) is 0 Å². The van der Waals surface area contributed by atoms with Crippen LogP contribution in [0.15, 0.2) is 0 Å². The zero-order chi connectivity index (χ0) is 6.27. The van der Waals surface area contributed by atoms with E-state index >= 15 is 0 Å². The summed E-state index contributed by atoms with van der Waals surface area (Å²) in [6, 6.07) is 0. The van der Waals surface area contributed by atoms with Crippen LogP contribution in [0, 0.1) is 0 Å². The molecule has 2 atom stereocenters. The topological polar surface area (TPSA) is 3.24 Å². The normalized spacial score (nSPS) is 42.3. The van der Waals surface area contributed by atoms with Crippen molar-refractivity contribution in [3.05, 3.63) is 0 Å². The lowest BCUT2D eigenvalue weighted by Crippen LogP contribution is -2.50. The molecule has 9 heavy (non-hydrogen) atoms. The Morgan fingerprint density at radius 2 is 2.00 bits per heavy atom. The van der Waals surface area contributed by atoms with Gasteiger partial charge in [-0.2, -0.15) is 11.8 Å². The van der Waals surface area contributed by atoms with Crippen molar-refractivity contribution in [1.29, 1.82) is 0 Å². The maximum absolute atomic E-state index is 2.56. The van der Waals surface area contributed by atoms with Crippen molar-refractivity contribution in [2.75, 3.05) is 19.6 Å². The quantitative estimate of drug-likeness (QED) is 0.542. The minimum atomic E-state index is 1.00. The zero-order valence-electron chi connectivity index (χ0n) is 5.84. The monoisotopic (exact) mass is 143 g/mol. The summed E-state index contributed by atoms with van der Waals surface area (Å²) in [6.07, 6.45) is 1.50. The van der Waals surface area contributed by atoms with Gasteiger partial charge in [-0.05, 0) is 13.0 Å². The Balaban J connectivity index is 1.89. The van der Waals surface area contributed by atoms with Gasteiger partial charge in [0.05, 0.1) is 0 Å². The van der Waals surface area contributed by atoms with Crippen LogP contribution in [0.25, 0.3) is 0 Å². The zero-order valence-corrected chi connectivity index (χ0v) is 6.66. The molecule has 1 nitrogen and oxygen atoms in total. The maximum Gasteiger partial charge on any atom is 0.0189 e. The van der Waals surface area contributed by atoms with Gasteiger partial charge >= 0.3 is 0 Å². The number of piperidine rings is 1. The van der Waals surface area contributed by atoms with Gasteiger partial charge in [0, 0.05) is 23.6 Å². The van der Waals surface area contributed by atoms with Gasteiger partial charge in [-0.15, -0.1) is 0 Å². The summed E-state index contributed by atoms with van der Waals surface area (Å²) >= 11 is 2.19. The molecule has 0 aromatic heterocycles. The lowest BCUT2D eigenvalue weighted by Gasteiger charge is -2.46. The SMILES string of the molecule is CCN1CC2CC(C1)S2. The van der Waals surface area contributed by atoms with Crippen LogP contribution >= 0.6 is 11.8 Å². The summed E-state index contributed by atoms with van der Waals surface area (Å²) in [6.45, 7) is 6.23. The Morgan fingerprint density at radius 3 is 2.33 bits per heavy atom. The average Bonchev–Trinajstić information content (AvgIpc) is 1.87. The van der Waals surface area contributed by atoms with Gasteiger partial charge < -0.3 is 4.90 Å². The molecule has 0 aliphatic carbocycles. The largest absolute Gasteiger partial charge is 0.301 e. The first kappa shape index (κ1) is 6.05. The van der Waals surface area contributed by atoms with Crippen molar-refractivity contribution in [1.82, 2.24) is 4.90 Å². The molecular weight excluding hydrogens is 130 g/mol. The smallest absolute Gasteiger partial charge is 0.0189 e. The van der Waals surface area contributed by atoms with Crippen LogP contribution in [-0.4, -0.2) is 35.0 Å². The maximum atomic E-state index is 2.56. The fourth-order valence-electron chi connectivity index (χ4n) is 1.70. The summed E-state index contributed by atoms with van der Waals surface area (Å²) in [7, 11) is 0. The third-order valence-electron chi connectivity index (χ3n) is 2.28. The predicted molar refractivity (Wildman–Crippen MR) is 41.9 cm³/mol. The van der Waals surface area contributed by atoms with E-state index in [1.165, 1.54) is 26.1 Å². The van der Waals surface area contributed by atoms with E-state index in [0.717, 1.165) is 10.5 Å². The Morgan fingerprint density at radius 1 is 1.44 bits per heavy atom. The highest BCUT2D eigenvalue weighted by atomic mass is 32.2. The lowest BCUT2D eigenvalue weighted by atomic mass is 10.1. The molecule has 3 fully saturated rings. The van der Waals surface area contributed by atoms with E-state index in [4.69, 9.17) is 0 Å².